The third-order valence-electron chi connectivity index (χ3n) is 2.76. The first-order chi connectivity index (χ1) is 6.77. The van der Waals surface area contributed by atoms with Gasteiger partial charge in [0, 0.05) is 13.0 Å². The van der Waals surface area contributed by atoms with Gasteiger partial charge in [-0.2, -0.15) is 0 Å². The minimum atomic E-state index is -0.253. The number of rotatable bonds is 3. The first-order valence-corrected chi connectivity index (χ1v) is 6.14. The summed E-state index contributed by atoms with van der Waals surface area (Å²) in [6.07, 6.45) is 1.51. The van der Waals surface area contributed by atoms with Crippen LogP contribution in [0.3, 0.4) is 0 Å². The Morgan fingerprint density at radius 1 is 1.71 bits per heavy atom. The molecule has 1 aromatic heterocycles. The van der Waals surface area contributed by atoms with E-state index < -0.39 is 0 Å². The second kappa shape index (κ2) is 4.62. The van der Waals surface area contributed by atoms with Crippen molar-refractivity contribution in [1.82, 2.24) is 5.32 Å². The standard InChI is InChI=1S/C10H14ClNOS/c11-10-7(2-4-14-10)5-9(13)8-1-3-12-6-8/h2,4,8-9,12-13H,1,3,5-6H2/t8-,9?/m0/s1. The molecule has 1 fully saturated rings. The minimum absolute atomic E-state index is 0.253. The Balaban J connectivity index is 1.93. The molecule has 2 heterocycles. The van der Waals surface area contributed by atoms with Gasteiger partial charge in [0.25, 0.3) is 0 Å². The van der Waals surface area contributed by atoms with E-state index in [1.165, 1.54) is 11.3 Å². The third-order valence-corrected chi connectivity index (χ3v) is 4.02. The molecule has 2 nitrogen and oxygen atoms in total. The van der Waals surface area contributed by atoms with Crippen LogP contribution in [0.25, 0.3) is 0 Å². The van der Waals surface area contributed by atoms with Gasteiger partial charge in [-0.25, -0.2) is 0 Å². The summed E-state index contributed by atoms with van der Waals surface area (Å²) < 4.78 is 0.815. The van der Waals surface area contributed by atoms with Crippen molar-refractivity contribution in [3.63, 3.8) is 0 Å². The molecule has 0 aliphatic carbocycles. The zero-order valence-electron chi connectivity index (χ0n) is 7.87. The molecule has 1 aromatic rings. The quantitative estimate of drug-likeness (QED) is 0.833. The Labute approximate surface area is 92.9 Å². The predicted octanol–water partition coefficient (Wildman–Crippen LogP) is 1.91. The molecular weight excluding hydrogens is 218 g/mol. The van der Waals surface area contributed by atoms with Crippen molar-refractivity contribution in [3.8, 4) is 0 Å². The van der Waals surface area contributed by atoms with Crippen LogP contribution in [0, 0.1) is 5.92 Å². The van der Waals surface area contributed by atoms with Gasteiger partial charge in [0.1, 0.15) is 0 Å². The molecule has 2 rings (SSSR count). The summed E-state index contributed by atoms with van der Waals surface area (Å²) in [6, 6.07) is 2.00. The smallest absolute Gasteiger partial charge is 0.0961 e. The third kappa shape index (κ3) is 2.28. The maximum atomic E-state index is 9.95. The lowest BCUT2D eigenvalue weighted by atomic mass is 9.97. The van der Waals surface area contributed by atoms with E-state index in [2.05, 4.69) is 5.32 Å². The van der Waals surface area contributed by atoms with Crippen molar-refractivity contribution >= 4 is 22.9 Å². The summed E-state index contributed by atoms with van der Waals surface area (Å²) in [5.74, 6) is 0.394. The SMILES string of the molecule is OC(Cc1ccsc1Cl)[C@H]1CCNC1. The second-order valence-corrected chi connectivity index (χ2v) is 5.26. The van der Waals surface area contributed by atoms with Gasteiger partial charge >= 0.3 is 0 Å². The van der Waals surface area contributed by atoms with E-state index in [1.54, 1.807) is 0 Å². The molecule has 0 amide bonds. The van der Waals surface area contributed by atoms with Crippen molar-refractivity contribution in [3.05, 3.63) is 21.3 Å². The van der Waals surface area contributed by atoms with Gasteiger partial charge in [0.05, 0.1) is 10.4 Å². The summed E-state index contributed by atoms with van der Waals surface area (Å²) in [4.78, 5) is 0. The maximum Gasteiger partial charge on any atom is 0.0961 e. The molecule has 0 radical (unpaired) electrons. The van der Waals surface area contributed by atoms with Gasteiger partial charge in [0.15, 0.2) is 0 Å². The Kier molecular flexibility index (Phi) is 3.44. The van der Waals surface area contributed by atoms with E-state index in [4.69, 9.17) is 11.6 Å². The molecule has 78 valence electrons. The predicted molar refractivity (Wildman–Crippen MR) is 60.0 cm³/mol. The van der Waals surface area contributed by atoms with Crippen molar-refractivity contribution in [2.24, 2.45) is 5.92 Å². The van der Waals surface area contributed by atoms with Crippen LogP contribution in [0.1, 0.15) is 12.0 Å². The number of halogens is 1. The summed E-state index contributed by atoms with van der Waals surface area (Å²) in [7, 11) is 0. The molecule has 1 saturated heterocycles. The van der Waals surface area contributed by atoms with Crippen molar-refractivity contribution in [2.45, 2.75) is 18.9 Å². The van der Waals surface area contributed by atoms with Gasteiger partial charge < -0.3 is 10.4 Å². The van der Waals surface area contributed by atoms with E-state index >= 15 is 0 Å². The van der Waals surface area contributed by atoms with Gasteiger partial charge in [-0.05, 0) is 35.9 Å². The van der Waals surface area contributed by atoms with Gasteiger partial charge in [-0.1, -0.05) is 11.6 Å². The highest BCUT2D eigenvalue weighted by Crippen LogP contribution is 2.26. The zero-order valence-corrected chi connectivity index (χ0v) is 9.44. The van der Waals surface area contributed by atoms with Crippen LogP contribution in [-0.2, 0) is 6.42 Å². The maximum absolute atomic E-state index is 9.95. The Bertz CT molecular complexity index is 296. The van der Waals surface area contributed by atoms with Crippen LogP contribution in [0.4, 0.5) is 0 Å². The monoisotopic (exact) mass is 231 g/mol. The van der Waals surface area contributed by atoms with Gasteiger partial charge in [0.2, 0.25) is 0 Å². The van der Waals surface area contributed by atoms with E-state index in [9.17, 15) is 5.11 Å². The van der Waals surface area contributed by atoms with E-state index in [-0.39, 0.29) is 6.10 Å². The highest BCUT2D eigenvalue weighted by molar-refractivity contribution is 7.14. The average Bonchev–Trinajstić information content (AvgIpc) is 2.77. The lowest BCUT2D eigenvalue weighted by Crippen LogP contribution is -2.24. The van der Waals surface area contributed by atoms with E-state index in [0.29, 0.717) is 12.3 Å². The van der Waals surface area contributed by atoms with Crippen molar-refractivity contribution in [1.29, 1.82) is 0 Å². The van der Waals surface area contributed by atoms with Crippen molar-refractivity contribution < 1.29 is 5.11 Å². The van der Waals surface area contributed by atoms with Crippen molar-refractivity contribution in [2.75, 3.05) is 13.1 Å². The Morgan fingerprint density at radius 3 is 3.14 bits per heavy atom. The molecule has 0 bridgehead atoms. The topological polar surface area (TPSA) is 32.3 Å². The molecule has 0 spiro atoms. The average molecular weight is 232 g/mol. The molecular formula is C10H14ClNOS. The molecule has 2 N–H and O–H groups in total. The lowest BCUT2D eigenvalue weighted by molar-refractivity contribution is 0.117. The molecule has 14 heavy (non-hydrogen) atoms. The van der Waals surface area contributed by atoms with E-state index in [1.807, 2.05) is 11.4 Å². The van der Waals surface area contributed by atoms with Crippen LogP contribution in [-0.4, -0.2) is 24.3 Å². The molecule has 1 unspecified atom stereocenters. The first kappa shape index (κ1) is 10.4. The fraction of sp³-hybridized carbons (Fsp3) is 0.600. The number of thiophene rings is 1. The van der Waals surface area contributed by atoms with Crippen LogP contribution in [0.15, 0.2) is 11.4 Å². The summed E-state index contributed by atoms with van der Waals surface area (Å²) in [5.41, 5.74) is 1.08. The molecule has 1 aliphatic rings. The van der Waals surface area contributed by atoms with E-state index in [0.717, 1.165) is 29.4 Å². The molecule has 0 aromatic carbocycles. The van der Waals surface area contributed by atoms with Crippen LogP contribution < -0.4 is 5.32 Å². The van der Waals surface area contributed by atoms with Gasteiger partial charge in [-0.3, -0.25) is 0 Å². The lowest BCUT2D eigenvalue weighted by Gasteiger charge is -2.16. The minimum Gasteiger partial charge on any atom is -0.392 e. The molecule has 2 atom stereocenters. The number of aliphatic hydroxyl groups excluding tert-OH is 1. The molecule has 4 heteroatoms. The highest BCUT2D eigenvalue weighted by Gasteiger charge is 2.23. The fourth-order valence-electron chi connectivity index (χ4n) is 1.86. The number of nitrogens with one attached hydrogen (secondary N) is 1. The van der Waals surface area contributed by atoms with Crippen LogP contribution >= 0.6 is 22.9 Å². The van der Waals surface area contributed by atoms with Gasteiger partial charge in [-0.15, -0.1) is 11.3 Å². The molecule has 1 aliphatic heterocycles. The number of hydrogen-bond acceptors (Lipinski definition) is 3. The number of aliphatic hydroxyl groups is 1. The van der Waals surface area contributed by atoms with Crippen LogP contribution in [0.5, 0.6) is 0 Å². The first-order valence-electron chi connectivity index (χ1n) is 4.88. The summed E-state index contributed by atoms with van der Waals surface area (Å²) >= 11 is 7.51. The zero-order chi connectivity index (χ0) is 9.97. The Hall–Kier alpha value is -0.0900. The fourth-order valence-corrected chi connectivity index (χ4v) is 2.81. The summed E-state index contributed by atoms with van der Waals surface area (Å²) in [5, 5.41) is 15.2. The molecule has 0 saturated carbocycles. The normalized spacial score (nSPS) is 24.0. The largest absolute Gasteiger partial charge is 0.392 e. The number of hydrogen-bond donors (Lipinski definition) is 2. The second-order valence-electron chi connectivity index (χ2n) is 3.74. The van der Waals surface area contributed by atoms with Crippen LogP contribution in [0.2, 0.25) is 4.34 Å². The highest BCUT2D eigenvalue weighted by atomic mass is 35.5. The Morgan fingerprint density at radius 2 is 2.57 bits per heavy atom. The summed E-state index contributed by atoms with van der Waals surface area (Å²) in [6.45, 7) is 1.96.